The van der Waals surface area contributed by atoms with Crippen LogP contribution in [0.5, 0.6) is 0 Å². The van der Waals surface area contributed by atoms with Gasteiger partial charge in [-0.15, -0.1) is 0 Å². The molecule has 0 aromatic heterocycles. The van der Waals surface area contributed by atoms with Gasteiger partial charge in [0.05, 0.1) is 18.8 Å². The number of rotatable bonds is 5. The van der Waals surface area contributed by atoms with Gasteiger partial charge >= 0.3 is 5.97 Å². The van der Waals surface area contributed by atoms with Crippen LogP contribution in [0.15, 0.2) is 72.8 Å². The van der Waals surface area contributed by atoms with Gasteiger partial charge in [0.1, 0.15) is 11.9 Å². The van der Waals surface area contributed by atoms with E-state index in [1.807, 2.05) is 54.6 Å². The SMILES string of the molecule is CCOC(=O)C1C(=O)N(Cc2ccc(-c3ccccc3)cc2)c2ccc(F)cc2C1O. The first kappa shape index (κ1) is 20.8. The van der Waals surface area contributed by atoms with Crippen LogP contribution in [-0.4, -0.2) is 23.6 Å². The lowest BCUT2D eigenvalue weighted by atomic mass is 9.88. The Bertz CT molecular complexity index is 1100. The molecule has 1 aliphatic heterocycles. The number of benzene rings is 3. The Hall–Kier alpha value is -3.51. The Balaban J connectivity index is 1.67. The van der Waals surface area contributed by atoms with E-state index in [4.69, 9.17) is 4.74 Å². The van der Waals surface area contributed by atoms with E-state index in [-0.39, 0.29) is 18.7 Å². The summed E-state index contributed by atoms with van der Waals surface area (Å²) in [6.07, 6.45) is -1.46. The molecule has 0 saturated carbocycles. The zero-order valence-corrected chi connectivity index (χ0v) is 17.0. The van der Waals surface area contributed by atoms with Crippen LogP contribution in [0.25, 0.3) is 11.1 Å². The Labute approximate surface area is 179 Å². The number of anilines is 1. The number of carbonyl (C=O) groups is 2. The maximum absolute atomic E-state index is 13.9. The largest absolute Gasteiger partial charge is 0.465 e. The van der Waals surface area contributed by atoms with E-state index in [9.17, 15) is 19.1 Å². The Morgan fingerprint density at radius 3 is 2.39 bits per heavy atom. The first-order valence-corrected chi connectivity index (χ1v) is 10.1. The van der Waals surface area contributed by atoms with Crippen LogP contribution in [0.2, 0.25) is 0 Å². The highest BCUT2D eigenvalue weighted by Crippen LogP contribution is 2.39. The molecule has 0 fully saturated rings. The number of nitrogens with zero attached hydrogens (tertiary/aromatic N) is 1. The third-order valence-electron chi connectivity index (χ3n) is 5.39. The molecule has 1 aliphatic rings. The quantitative estimate of drug-likeness (QED) is 0.496. The molecule has 0 saturated heterocycles. The van der Waals surface area contributed by atoms with Crippen LogP contribution >= 0.6 is 0 Å². The van der Waals surface area contributed by atoms with Gasteiger partial charge in [0.15, 0.2) is 5.92 Å². The Kier molecular flexibility index (Phi) is 5.82. The molecule has 6 heteroatoms. The summed E-state index contributed by atoms with van der Waals surface area (Å²) in [5.74, 6) is -3.38. The number of esters is 1. The average molecular weight is 419 g/mol. The fourth-order valence-electron chi connectivity index (χ4n) is 3.85. The number of hydrogen-bond acceptors (Lipinski definition) is 4. The van der Waals surface area contributed by atoms with Gasteiger partial charge in [-0.25, -0.2) is 4.39 Å². The van der Waals surface area contributed by atoms with Crippen LogP contribution in [0.3, 0.4) is 0 Å². The molecule has 0 bridgehead atoms. The fourth-order valence-corrected chi connectivity index (χ4v) is 3.85. The maximum Gasteiger partial charge on any atom is 0.321 e. The van der Waals surface area contributed by atoms with Crippen LogP contribution in [-0.2, 0) is 20.9 Å². The first-order valence-electron chi connectivity index (χ1n) is 10.1. The van der Waals surface area contributed by atoms with Gasteiger partial charge in [0.2, 0.25) is 5.91 Å². The number of amides is 1. The second kappa shape index (κ2) is 8.70. The highest BCUT2D eigenvalue weighted by Gasteiger charge is 2.45. The van der Waals surface area contributed by atoms with Crippen molar-refractivity contribution in [3.8, 4) is 11.1 Å². The van der Waals surface area contributed by atoms with Gasteiger partial charge < -0.3 is 14.7 Å². The van der Waals surface area contributed by atoms with Crippen molar-refractivity contribution in [1.29, 1.82) is 0 Å². The van der Waals surface area contributed by atoms with Crippen molar-refractivity contribution in [3.05, 3.63) is 89.7 Å². The summed E-state index contributed by atoms with van der Waals surface area (Å²) >= 11 is 0. The molecular weight excluding hydrogens is 397 g/mol. The van der Waals surface area contributed by atoms with E-state index in [1.54, 1.807) is 6.92 Å². The van der Waals surface area contributed by atoms with Gasteiger partial charge in [-0.3, -0.25) is 9.59 Å². The van der Waals surface area contributed by atoms with Crippen molar-refractivity contribution in [2.45, 2.75) is 19.6 Å². The summed E-state index contributed by atoms with van der Waals surface area (Å²) in [5.41, 5.74) is 3.53. The molecule has 158 valence electrons. The third kappa shape index (κ3) is 4.07. The fraction of sp³-hybridized carbons (Fsp3) is 0.200. The number of halogens is 1. The molecule has 3 aromatic rings. The molecule has 1 N–H and O–H groups in total. The average Bonchev–Trinajstić information content (AvgIpc) is 2.78. The van der Waals surface area contributed by atoms with Crippen molar-refractivity contribution in [3.63, 3.8) is 0 Å². The van der Waals surface area contributed by atoms with Crippen LogP contribution in [0.4, 0.5) is 10.1 Å². The van der Waals surface area contributed by atoms with Gasteiger partial charge in [0, 0.05) is 5.56 Å². The lowest BCUT2D eigenvalue weighted by molar-refractivity contribution is -0.157. The number of carbonyl (C=O) groups excluding carboxylic acids is 2. The standard InChI is InChI=1S/C25H22FNO4/c1-2-31-25(30)22-23(28)20-14-19(26)12-13-21(20)27(24(22)29)15-16-8-10-18(11-9-16)17-6-4-3-5-7-17/h3-14,22-23,28H,2,15H2,1H3. The van der Waals surface area contributed by atoms with Crippen LogP contribution in [0.1, 0.15) is 24.2 Å². The van der Waals surface area contributed by atoms with Crippen molar-refractivity contribution >= 4 is 17.6 Å². The second-order valence-electron chi connectivity index (χ2n) is 7.37. The summed E-state index contributed by atoms with van der Waals surface area (Å²) in [7, 11) is 0. The molecule has 3 aromatic carbocycles. The van der Waals surface area contributed by atoms with Gasteiger partial charge in [-0.1, -0.05) is 54.6 Å². The topological polar surface area (TPSA) is 66.8 Å². The first-order chi connectivity index (χ1) is 15.0. The lowest BCUT2D eigenvalue weighted by Crippen LogP contribution is -2.47. The van der Waals surface area contributed by atoms with E-state index in [0.717, 1.165) is 22.8 Å². The molecule has 5 nitrogen and oxygen atoms in total. The Morgan fingerprint density at radius 2 is 1.71 bits per heavy atom. The van der Waals surface area contributed by atoms with Crippen LogP contribution < -0.4 is 4.90 Å². The molecule has 0 spiro atoms. The molecule has 1 amide bonds. The van der Waals surface area contributed by atoms with Crippen molar-refractivity contribution in [2.24, 2.45) is 5.92 Å². The zero-order chi connectivity index (χ0) is 22.0. The molecule has 31 heavy (non-hydrogen) atoms. The maximum atomic E-state index is 13.9. The molecule has 2 unspecified atom stereocenters. The predicted octanol–water partition coefficient (Wildman–Crippen LogP) is 4.25. The molecule has 2 atom stereocenters. The second-order valence-corrected chi connectivity index (χ2v) is 7.37. The monoisotopic (exact) mass is 419 g/mol. The molecule has 0 radical (unpaired) electrons. The van der Waals surface area contributed by atoms with Crippen molar-refractivity contribution in [2.75, 3.05) is 11.5 Å². The minimum atomic E-state index is -1.46. The lowest BCUT2D eigenvalue weighted by Gasteiger charge is -2.36. The summed E-state index contributed by atoms with van der Waals surface area (Å²) in [5, 5.41) is 10.6. The van der Waals surface area contributed by atoms with Crippen molar-refractivity contribution < 1.29 is 23.8 Å². The van der Waals surface area contributed by atoms with E-state index in [0.29, 0.717) is 5.69 Å². The summed E-state index contributed by atoms with van der Waals surface area (Å²) in [4.78, 5) is 27.0. The van der Waals surface area contributed by atoms with Crippen LogP contribution in [0, 0.1) is 11.7 Å². The van der Waals surface area contributed by atoms with Gasteiger partial charge in [-0.2, -0.15) is 0 Å². The molecule has 0 aliphatic carbocycles. The molecule has 1 heterocycles. The number of fused-ring (bicyclic) bond motifs is 1. The summed E-state index contributed by atoms with van der Waals surface area (Å²) < 4.78 is 18.9. The van der Waals surface area contributed by atoms with Crippen molar-refractivity contribution in [1.82, 2.24) is 0 Å². The van der Waals surface area contributed by atoms with E-state index < -0.39 is 29.7 Å². The molecular formula is C25H22FNO4. The van der Waals surface area contributed by atoms with E-state index in [2.05, 4.69) is 0 Å². The van der Waals surface area contributed by atoms with E-state index in [1.165, 1.54) is 17.0 Å². The van der Waals surface area contributed by atoms with E-state index >= 15 is 0 Å². The predicted molar refractivity (Wildman–Crippen MR) is 115 cm³/mol. The third-order valence-corrected chi connectivity index (χ3v) is 5.39. The molecule has 4 rings (SSSR count). The zero-order valence-electron chi connectivity index (χ0n) is 17.0. The number of ether oxygens (including phenoxy) is 1. The number of aliphatic hydroxyl groups is 1. The smallest absolute Gasteiger partial charge is 0.321 e. The highest BCUT2D eigenvalue weighted by atomic mass is 19.1. The number of aliphatic hydroxyl groups excluding tert-OH is 1. The summed E-state index contributed by atoms with van der Waals surface area (Å²) in [6, 6.07) is 21.5. The Morgan fingerprint density at radius 1 is 1.03 bits per heavy atom. The minimum Gasteiger partial charge on any atom is -0.465 e. The van der Waals surface area contributed by atoms with Gasteiger partial charge in [-0.05, 0) is 41.8 Å². The summed E-state index contributed by atoms with van der Waals surface area (Å²) in [6.45, 7) is 1.87. The highest BCUT2D eigenvalue weighted by molar-refractivity contribution is 6.09. The minimum absolute atomic E-state index is 0.0757. The number of hydrogen-bond donors (Lipinski definition) is 1. The normalized spacial score (nSPS) is 17.9. The van der Waals surface area contributed by atoms with Gasteiger partial charge in [0.25, 0.3) is 0 Å².